The summed E-state index contributed by atoms with van der Waals surface area (Å²) in [4.78, 5) is 38.7. The van der Waals surface area contributed by atoms with Crippen molar-refractivity contribution in [2.45, 2.75) is 26.3 Å². The molecule has 0 saturated carbocycles. The summed E-state index contributed by atoms with van der Waals surface area (Å²) in [6.07, 6.45) is 0. The summed E-state index contributed by atoms with van der Waals surface area (Å²) in [6, 6.07) is 10.2. The highest BCUT2D eigenvalue weighted by atomic mass is 19.1. The maximum Gasteiger partial charge on any atom is 0.325 e. The predicted molar refractivity (Wildman–Crippen MR) is 94.2 cm³/mol. The van der Waals surface area contributed by atoms with Crippen LogP contribution in [-0.2, 0) is 10.3 Å². The van der Waals surface area contributed by atoms with Crippen molar-refractivity contribution in [3.63, 3.8) is 0 Å². The molecule has 0 spiro atoms. The van der Waals surface area contributed by atoms with Crippen LogP contribution in [0.1, 0.15) is 34.0 Å². The topological polar surface area (TPSA) is 66.5 Å². The second-order valence-electron chi connectivity index (χ2n) is 6.69. The Labute approximate surface area is 150 Å². The number of rotatable bonds is 4. The zero-order valence-electron chi connectivity index (χ0n) is 14.8. The van der Waals surface area contributed by atoms with Gasteiger partial charge in [0.05, 0.1) is 6.54 Å². The Balaban J connectivity index is 1.86. The average molecular weight is 354 g/mol. The van der Waals surface area contributed by atoms with Crippen LogP contribution in [0.4, 0.5) is 9.18 Å². The van der Waals surface area contributed by atoms with Crippen molar-refractivity contribution in [1.29, 1.82) is 0 Å². The van der Waals surface area contributed by atoms with Gasteiger partial charge in [-0.05, 0) is 50.1 Å². The predicted octanol–water partition coefficient (Wildman–Crippen LogP) is 3.09. The van der Waals surface area contributed by atoms with E-state index in [-0.39, 0.29) is 12.3 Å². The molecule has 1 aliphatic heterocycles. The molecular weight excluding hydrogens is 335 g/mol. The molecule has 6 heteroatoms. The SMILES string of the molecule is Cc1ccc(C)c(C(=O)CN2C(=O)N[C@@](C)(c3ccc(F)cc3)C2=O)c1. The number of nitrogens with zero attached hydrogens (tertiary/aromatic N) is 1. The number of imide groups is 1. The van der Waals surface area contributed by atoms with Crippen molar-refractivity contribution < 1.29 is 18.8 Å². The molecule has 1 fully saturated rings. The van der Waals surface area contributed by atoms with Gasteiger partial charge in [-0.15, -0.1) is 0 Å². The molecule has 26 heavy (non-hydrogen) atoms. The normalized spacial score (nSPS) is 19.6. The molecule has 1 heterocycles. The summed E-state index contributed by atoms with van der Waals surface area (Å²) < 4.78 is 13.2. The van der Waals surface area contributed by atoms with Crippen LogP contribution in [0.15, 0.2) is 42.5 Å². The lowest BCUT2D eigenvalue weighted by molar-refractivity contribution is -0.130. The number of aryl methyl sites for hydroxylation is 2. The van der Waals surface area contributed by atoms with E-state index in [0.29, 0.717) is 11.1 Å². The highest BCUT2D eigenvalue weighted by Crippen LogP contribution is 2.29. The lowest BCUT2D eigenvalue weighted by Gasteiger charge is -2.22. The monoisotopic (exact) mass is 354 g/mol. The molecule has 1 atom stereocenters. The molecule has 1 saturated heterocycles. The van der Waals surface area contributed by atoms with Gasteiger partial charge < -0.3 is 5.32 Å². The third kappa shape index (κ3) is 2.98. The molecule has 134 valence electrons. The fraction of sp³-hybridized carbons (Fsp3) is 0.250. The molecule has 0 radical (unpaired) electrons. The summed E-state index contributed by atoms with van der Waals surface area (Å²) in [6.45, 7) is 4.88. The molecule has 0 aromatic heterocycles. The first-order chi connectivity index (χ1) is 12.2. The molecule has 0 unspecified atom stereocenters. The summed E-state index contributed by atoms with van der Waals surface area (Å²) in [5.74, 6) is -1.28. The number of Topliss-reactive ketones (excluding diaryl/α,β-unsaturated/α-hetero) is 1. The van der Waals surface area contributed by atoms with Crippen molar-refractivity contribution in [3.05, 3.63) is 70.5 Å². The molecule has 1 N–H and O–H groups in total. The number of benzene rings is 2. The van der Waals surface area contributed by atoms with Gasteiger partial charge >= 0.3 is 6.03 Å². The van der Waals surface area contributed by atoms with Crippen LogP contribution in [0.5, 0.6) is 0 Å². The number of hydrogen-bond acceptors (Lipinski definition) is 3. The quantitative estimate of drug-likeness (QED) is 0.678. The third-order valence-electron chi connectivity index (χ3n) is 4.69. The Morgan fingerprint density at radius 1 is 1.12 bits per heavy atom. The first-order valence-corrected chi connectivity index (χ1v) is 8.23. The molecular formula is C20H19FN2O3. The van der Waals surface area contributed by atoms with E-state index in [2.05, 4.69) is 5.32 Å². The van der Waals surface area contributed by atoms with Gasteiger partial charge in [0.2, 0.25) is 0 Å². The van der Waals surface area contributed by atoms with E-state index in [4.69, 9.17) is 0 Å². The van der Waals surface area contributed by atoms with E-state index in [1.165, 1.54) is 24.3 Å². The number of amides is 3. The number of carbonyl (C=O) groups excluding carboxylic acids is 3. The van der Waals surface area contributed by atoms with Crippen molar-refractivity contribution in [2.75, 3.05) is 6.54 Å². The minimum absolute atomic E-state index is 0.307. The minimum Gasteiger partial charge on any atom is -0.319 e. The summed E-state index contributed by atoms with van der Waals surface area (Å²) in [5, 5.41) is 2.61. The van der Waals surface area contributed by atoms with E-state index in [9.17, 15) is 18.8 Å². The van der Waals surface area contributed by atoms with Crippen molar-refractivity contribution in [3.8, 4) is 0 Å². The zero-order valence-corrected chi connectivity index (χ0v) is 14.8. The number of carbonyl (C=O) groups is 3. The lowest BCUT2D eigenvalue weighted by Crippen LogP contribution is -2.41. The second-order valence-corrected chi connectivity index (χ2v) is 6.69. The first kappa shape index (κ1) is 17.8. The highest BCUT2D eigenvalue weighted by Gasteiger charge is 2.49. The summed E-state index contributed by atoms with van der Waals surface area (Å²) in [7, 11) is 0. The van der Waals surface area contributed by atoms with Gasteiger partial charge in [0.25, 0.3) is 5.91 Å². The van der Waals surface area contributed by atoms with Gasteiger partial charge in [0, 0.05) is 5.56 Å². The van der Waals surface area contributed by atoms with E-state index in [1.807, 2.05) is 19.1 Å². The van der Waals surface area contributed by atoms with Crippen LogP contribution >= 0.6 is 0 Å². The van der Waals surface area contributed by atoms with Gasteiger partial charge in [-0.3, -0.25) is 14.5 Å². The van der Waals surface area contributed by atoms with Crippen LogP contribution < -0.4 is 5.32 Å². The van der Waals surface area contributed by atoms with Gasteiger partial charge in [0.1, 0.15) is 11.4 Å². The van der Waals surface area contributed by atoms with Crippen molar-refractivity contribution in [1.82, 2.24) is 10.2 Å². The Morgan fingerprint density at radius 3 is 2.42 bits per heavy atom. The van der Waals surface area contributed by atoms with Crippen LogP contribution in [-0.4, -0.2) is 29.2 Å². The maximum absolute atomic E-state index is 13.2. The summed E-state index contributed by atoms with van der Waals surface area (Å²) >= 11 is 0. The highest BCUT2D eigenvalue weighted by molar-refractivity contribution is 6.11. The largest absolute Gasteiger partial charge is 0.325 e. The molecule has 5 nitrogen and oxygen atoms in total. The Kier molecular flexibility index (Phi) is 4.36. The van der Waals surface area contributed by atoms with Gasteiger partial charge in [-0.2, -0.15) is 0 Å². The van der Waals surface area contributed by atoms with Crippen LogP contribution in [0.2, 0.25) is 0 Å². The Hall–Kier alpha value is -3.02. The number of ketones is 1. The number of halogens is 1. The van der Waals surface area contributed by atoms with E-state index in [1.54, 1.807) is 19.9 Å². The Morgan fingerprint density at radius 2 is 1.77 bits per heavy atom. The molecule has 2 aromatic carbocycles. The molecule has 3 amide bonds. The second kappa shape index (κ2) is 6.37. The van der Waals surface area contributed by atoms with Crippen LogP contribution in [0, 0.1) is 19.7 Å². The van der Waals surface area contributed by atoms with Crippen molar-refractivity contribution in [2.24, 2.45) is 0 Å². The summed E-state index contributed by atoms with van der Waals surface area (Å²) in [5.41, 5.74) is 1.33. The zero-order chi connectivity index (χ0) is 19.1. The lowest BCUT2D eigenvalue weighted by atomic mass is 9.92. The molecule has 3 rings (SSSR count). The molecule has 1 aliphatic rings. The molecule has 0 bridgehead atoms. The minimum atomic E-state index is -1.33. The smallest absolute Gasteiger partial charge is 0.319 e. The fourth-order valence-corrected chi connectivity index (χ4v) is 3.08. The fourth-order valence-electron chi connectivity index (χ4n) is 3.08. The van der Waals surface area contributed by atoms with Crippen molar-refractivity contribution >= 4 is 17.7 Å². The van der Waals surface area contributed by atoms with Gasteiger partial charge in [-0.25, -0.2) is 9.18 Å². The number of nitrogens with one attached hydrogen (secondary N) is 1. The van der Waals surface area contributed by atoms with Crippen LogP contribution in [0.25, 0.3) is 0 Å². The first-order valence-electron chi connectivity index (χ1n) is 8.23. The van der Waals surface area contributed by atoms with Crippen LogP contribution in [0.3, 0.4) is 0 Å². The maximum atomic E-state index is 13.2. The molecule has 2 aromatic rings. The standard InChI is InChI=1S/C20H19FN2O3/c1-12-4-5-13(2)16(10-12)17(24)11-23-18(25)20(3,22-19(23)26)14-6-8-15(21)9-7-14/h4-10H,11H2,1-3H3,(H,22,26)/t20-/m0/s1. The third-order valence-corrected chi connectivity index (χ3v) is 4.69. The number of urea groups is 1. The van der Waals surface area contributed by atoms with E-state index in [0.717, 1.165) is 16.0 Å². The molecule has 0 aliphatic carbocycles. The average Bonchev–Trinajstić information content (AvgIpc) is 2.81. The van der Waals surface area contributed by atoms with Gasteiger partial charge in [0.15, 0.2) is 5.78 Å². The number of hydrogen-bond donors (Lipinski definition) is 1. The van der Waals surface area contributed by atoms with E-state index >= 15 is 0 Å². The Bertz CT molecular complexity index is 908. The van der Waals surface area contributed by atoms with Gasteiger partial charge in [-0.1, -0.05) is 29.8 Å². The van der Waals surface area contributed by atoms with E-state index < -0.39 is 23.3 Å².